The molecule has 2 aromatic heterocycles. The predicted octanol–water partition coefficient (Wildman–Crippen LogP) is 3.32. The summed E-state index contributed by atoms with van der Waals surface area (Å²) in [6.45, 7) is 0.510. The Morgan fingerprint density at radius 3 is 3.10 bits per heavy atom. The van der Waals surface area contributed by atoms with Gasteiger partial charge in [-0.05, 0) is 29.8 Å². The number of hydrogen-bond donors (Lipinski definition) is 2. The lowest BCUT2D eigenvalue weighted by atomic mass is 10.2. The Hall–Kier alpha value is -2.56. The first-order chi connectivity index (χ1) is 9.78. The fourth-order valence-electron chi connectivity index (χ4n) is 2.12. The molecule has 1 aromatic carbocycles. The first kappa shape index (κ1) is 12.5. The number of nitrogens with one attached hydrogen (secondary N) is 2. The van der Waals surface area contributed by atoms with E-state index in [1.54, 1.807) is 25.4 Å². The van der Waals surface area contributed by atoms with Crippen LogP contribution >= 0.6 is 0 Å². The molecule has 20 heavy (non-hydrogen) atoms. The van der Waals surface area contributed by atoms with Crippen LogP contribution in [0.5, 0.6) is 5.75 Å². The maximum Gasteiger partial charge on any atom is 0.146 e. The molecular formula is C15H14FN3O. The van der Waals surface area contributed by atoms with Crippen molar-refractivity contribution in [2.24, 2.45) is 0 Å². The molecule has 0 saturated heterocycles. The summed E-state index contributed by atoms with van der Waals surface area (Å²) in [6.07, 6.45) is 3.61. The van der Waals surface area contributed by atoms with Gasteiger partial charge < -0.3 is 15.0 Å². The number of nitrogens with zero attached hydrogens (tertiary/aromatic N) is 1. The second-order valence-electron chi connectivity index (χ2n) is 4.41. The first-order valence-corrected chi connectivity index (χ1v) is 6.26. The van der Waals surface area contributed by atoms with Gasteiger partial charge in [0.15, 0.2) is 0 Å². The van der Waals surface area contributed by atoms with Gasteiger partial charge in [-0.1, -0.05) is 0 Å². The fourth-order valence-corrected chi connectivity index (χ4v) is 2.12. The van der Waals surface area contributed by atoms with E-state index in [1.807, 2.05) is 18.3 Å². The Morgan fingerprint density at radius 1 is 1.35 bits per heavy atom. The van der Waals surface area contributed by atoms with E-state index in [0.717, 1.165) is 16.6 Å². The Bertz CT molecular complexity index is 739. The number of methoxy groups -OCH3 is 1. The van der Waals surface area contributed by atoms with Gasteiger partial charge in [-0.25, -0.2) is 9.37 Å². The van der Waals surface area contributed by atoms with Crippen LogP contribution in [0.4, 0.5) is 10.1 Å². The molecule has 3 aromatic rings. The SMILES string of the molecule is COc1ccc(F)c(NCc2c[nH]c3ncccc23)c1. The molecule has 2 N–H and O–H groups in total. The highest BCUT2D eigenvalue weighted by Gasteiger charge is 2.07. The van der Waals surface area contributed by atoms with Crippen LogP contribution in [0.25, 0.3) is 11.0 Å². The van der Waals surface area contributed by atoms with E-state index >= 15 is 0 Å². The average Bonchev–Trinajstić information content (AvgIpc) is 2.90. The van der Waals surface area contributed by atoms with E-state index in [1.165, 1.54) is 6.07 Å². The van der Waals surface area contributed by atoms with E-state index in [2.05, 4.69) is 15.3 Å². The molecule has 0 bridgehead atoms. The number of H-pyrrole nitrogens is 1. The number of aromatic amines is 1. The molecule has 0 aliphatic rings. The molecule has 0 aliphatic heterocycles. The molecule has 0 aliphatic carbocycles. The number of hydrogen-bond acceptors (Lipinski definition) is 3. The minimum absolute atomic E-state index is 0.302. The van der Waals surface area contributed by atoms with Crippen molar-refractivity contribution in [3.05, 3.63) is 54.1 Å². The number of anilines is 1. The van der Waals surface area contributed by atoms with Crippen LogP contribution in [0.15, 0.2) is 42.7 Å². The first-order valence-electron chi connectivity index (χ1n) is 6.26. The second kappa shape index (κ2) is 5.21. The molecular weight excluding hydrogens is 257 g/mol. The van der Waals surface area contributed by atoms with Crippen molar-refractivity contribution in [1.82, 2.24) is 9.97 Å². The zero-order chi connectivity index (χ0) is 13.9. The van der Waals surface area contributed by atoms with Gasteiger partial charge in [0.05, 0.1) is 12.8 Å². The van der Waals surface area contributed by atoms with Crippen molar-refractivity contribution in [1.29, 1.82) is 0 Å². The molecule has 0 amide bonds. The molecule has 102 valence electrons. The van der Waals surface area contributed by atoms with Gasteiger partial charge >= 0.3 is 0 Å². The minimum Gasteiger partial charge on any atom is -0.497 e. The Kier molecular flexibility index (Phi) is 3.25. The number of pyridine rings is 1. The average molecular weight is 271 g/mol. The maximum atomic E-state index is 13.7. The van der Waals surface area contributed by atoms with Crippen LogP contribution in [0.1, 0.15) is 5.56 Å². The minimum atomic E-state index is -0.302. The van der Waals surface area contributed by atoms with Gasteiger partial charge in [-0.2, -0.15) is 0 Å². The Balaban J connectivity index is 1.83. The van der Waals surface area contributed by atoms with E-state index in [9.17, 15) is 4.39 Å². The van der Waals surface area contributed by atoms with E-state index < -0.39 is 0 Å². The lowest BCUT2D eigenvalue weighted by Gasteiger charge is -2.08. The van der Waals surface area contributed by atoms with Gasteiger partial charge in [0.25, 0.3) is 0 Å². The monoisotopic (exact) mass is 271 g/mol. The highest BCUT2D eigenvalue weighted by atomic mass is 19.1. The van der Waals surface area contributed by atoms with Crippen molar-refractivity contribution < 1.29 is 9.13 Å². The largest absolute Gasteiger partial charge is 0.497 e. The van der Waals surface area contributed by atoms with Crippen LogP contribution in [0, 0.1) is 5.82 Å². The van der Waals surface area contributed by atoms with Crippen molar-refractivity contribution in [3.8, 4) is 5.75 Å². The highest BCUT2D eigenvalue weighted by molar-refractivity contribution is 5.79. The Morgan fingerprint density at radius 2 is 2.25 bits per heavy atom. The van der Waals surface area contributed by atoms with Crippen molar-refractivity contribution in [3.63, 3.8) is 0 Å². The standard InChI is InChI=1S/C15H14FN3O/c1-20-11-4-5-13(16)14(7-11)18-8-10-9-19-15-12(10)3-2-6-17-15/h2-7,9,18H,8H2,1H3,(H,17,19). The summed E-state index contributed by atoms with van der Waals surface area (Å²) in [5, 5.41) is 4.11. The number of halogens is 1. The summed E-state index contributed by atoms with van der Waals surface area (Å²) >= 11 is 0. The van der Waals surface area contributed by atoms with Crippen LogP contribution in [-0.2, 0) is 6.54 Å². The lowest BCUT2D eigenvalue weighted by Crippen LogP contribution is -2.01. The number of fused-ring (bicyclic) bond motifs is 1. The van der Waals surface area contributed by atoms with E-state index in [4.69, 9.17) is 4.74 Å². The summed E-state index contributed by atoms with van der Waals surface area (Å²) < 4.78 is 18.8. The topological polar surface area (TPSA) is 49.9 Å². The van der Waals surface area contributed by atoms with Gasteiger partial charge in [-0.3, -0.25) is 0 Å². The zero-order valence-corrected chi connectivity index (χ0v) is 11.0. The molecule has 0 fully saturated rings. The quantitative estimate of drug-likeness (QED) is 0.765. The van der Waals surface area contributed by atoms with Crippen LogP contribution in [-0.4, -0.2) is 17.1 Å². The second-order valence-corrected chi connectivity index (χ2v) is 4.41. The van der Waals surface area contributed by atoms with Crippen LogP contribution < -0.4 is 10.1 Å². The smallest absolute Gasteiger partial charge is 0.146 e. The molecule has 4 nitrogen and oxygen atoms in total. The number of rotatable bonds is 4. The summed E-state index contributed by atoms with van der Waals surface area (Å²) in [7, 11) is 1.56. The van der Waals surface area contributed by atoms with Gasteiger partial charge in [-0.15, -0.1) is 0 Å². The lowest BCUT2D eigenvalue weighted by molar-refractivity contribution is 0.414. The van der Waals surface area contributed by atoms with Gasteiger partial charge in [0, 0.05) is 30.4 Å². The third-order valence-corrected chi connectivity index (χ3v) is 3.18. The number of ether oxygens (including phenoxy) is 1. The number of aromatic nitrogens is 2. The predicted molar refractivity (Wildman–Crippen MR) is 76.4 cm³/mol. The maximum absolute atomic E-state index is 13.7. The molecule has 2 heterocycles. The van der Waals surface area contributed by atoms with Crippen molar-refractivity contribution in [2.75, 3.05) is 12.4 Å². The summed E-state index contributed by atoms with van der Waals surface area (Å²) in [5.41, 5.74) is 2.29. The Labute approximate surface area is 115 Å². The molecule has 0 saturated carbocycles. The third-order valence-electron chi connectivity index (χ3n) is 3.18. The highest BCUT2D eigenvalue weighted by Crippen LogP contribution is 2.23. The van der Waals surface area contributed by atoms with Gasteiger partial charge in [0.2, 0.25) is 0 Å². The zero-order valence-electron chi connectivity index (χ0n) is 11.0. The molecule has 5 heteroatoms. The number of benzene rings is 1. The van der Waals surface area contributed by atoms with Crippen molar-refractivity contribution >= 4 is 16.7 Å². The molecule has 0 unspecified atom stereocenters. The van der Waals surface area contributed by atoms with Crippen LogP contribution in [0.3, 0.4) is 0 Å². The molecule has 3 rings (SSSR count). The van der Waals surface area contributed by atoms with Crippen LogP contribution in [0.2, 0.25) is 0 Å². The third kappa shape index (κ3) is 2.30. The summed E-state index contributed by atoms with van der Waals surface area (Å²) in [5.74, 6) is 0.318. The summed E-state index contributed by atoms with van der Waals surface area (Å²) in [4.78, 5) is 7.32. The summed E-state index contributed by atoms with van der Waals surface area (Å²) in [6, 6.07) is 8.49. The molecule has 0 atom stereocenters. The normalized spacial score (nSPS) is 10.7. The fraction of sp³-hybridized carbons (Fsp3) is 0.133. The van der Waals surface area contributed by atoms with E-state index in [0.29, 0.717) is 18.0 Å². The van der Waals surface area contributed by atoms with Crippen molar-refractivity contribution in [2.45, 2.75) is 6.54 Å². The molecule has 0 radical (unpaired) electrons. The van der Waals surface area contributed by atoms with E-state index in [-0.39, 0.29) is 5.82 Å². The molecule has 0 spiro atoms. The van der Waals surface area contributed by atoms with Gasteiger partial charge in [0.1, 0.15) is 17.2 Å².